The normalized spacial score (nSPS) is 40.0. The number of rotatable bonds is 3. The summed E-state index contributed by atoms with van der Waals surface area (Å²) in [6, 6.07) is 0. The van der Waals surface area contributed by atoms with Crippen molar-refractivity contribution in [3.8, 4) is 0 Å². The molecule has 148 valence electrons. The van der Waals surface area contributed by atoms with Crippen molar-refractivity contribution >= 4 is 11.9 Å². The van der Waals surface area contributed by atoms with E-state index in [0.29, 0.717) is 17.8 Å². The number of carbonyl (C=O) groups excluding carboxylic acids is 2. The molecule has 4 nitrogen and oxygen atoms in total. The minimum Gasteiger partial charge on any atom is -0.462 e. The highest BCUT2D eigenvalue weighted by Crippen LogP contribution is 2.63. The number of ether oxygens (including phenoxy) is 2. The van der Waals surface area contributed by atoms with Gasteiger partial charge in [0.15, 0.2) is 0 Å². The summed E-state index contributed by atoms with van der Waals surface area (Å²) in [7, 11) is 0. The van der Waals surface area contributed by atoms with Crippen molar-refractivity contribution < 1.29 is 19.1 Å². The second-order valence-corrected chi connectivity index (χ2v) is 9.02. The molecule has 4 aliphatic rings. The molecule has 27 heavy (non-hydrogen) atoms. The summed E-state index contributed by atoms with van der Waals surface area (Å²) >= 11 is 0. The van der Waals surface area contributed by atoms with Gasteiger partial charge in [-0.3, -0.25) is 9.59 Å². The van der Waals surface area contributed by atoms with Gasteiger partial charge in [-0.25, -0.2) is 0 Å². The van der Waals surface area contributed by atoms with Gasteiger partial charge in [0, 0.05) is 25.7 Å². The average molecular weight is 373 g/mol. The zero-order valence-electron chi connectivity index (χ0n) is 16.8. The van der Waals surface area contributed by atoms with Gasteiger partial charge in [-0.1, -0.05) is 13.0 Å². The van der Waals surface area contributed by atoms with Crippen LogP contribution in [0.2, 0.25) is 0 Å². The van der Waals surface area contributed by atoms with Gasteiger partial charge in [0.05, 0.1) is 0 Å². The molecule has 1 unspecified atom stereocenters. The Bertz CT molecular complexity index is 690. The highest BCUT2D eigenvalue weighted by molar-refractivity contribution is 5.67. The van der Waals surface area contributed by atoms with Crippen LogP contribution in [0.5, 0.6) is 0 Å². The second kappa shape index (κ2) is 7.10. The summed E-state index contributed by atoms with van der Waals surface area (Å²) in [5.41, 5.74) is 1.57. The third-order valence-corrected chi connectivity index (χ3v) is 7.97. The molecule has 0 bridgehead atoms. The van der Waals surface area contributed by atoms with Crippen molar-refractivity contribution in [2.75, 3.05) is 0 Å². The zero-order chi connectivity index (χ0) is 19.2. The van der Waals surface area contributed by atoms with Gasteiger partial charge >= 0.3 is 11.9 Å². The Morgan fingerprint density at radius 2 is 1.93 bits per heavy atom. The molecule has 4 aliphatic carbocycles. The van der Waals surface area contributed by atoms with Crippen LogP contribution in [0.3, 0.4) is 0 Å². The largest absolute Gasteiger partial charge is 0.462 e. The monoisotopic (exact) mass is 372 g/mol. The van der Waals surface area contributed by atoms with E-state index < -0.39 is 0 Å². The minimum atomic E-state index is -0.221. The Balaban J connectivity index is 1.57. The summed E-state index contributed by atoms with van der Waals surface area (Å²) in [6.07, 6.45) is 13.4. The predicted molar refractivity (Wildman–Crippen MR) is 102 cm³/mol. The van der Waals surface area contributed by atoms with Crippen LogP contribution in [0.25, 0.3) is 0 Å². The van der Waals surface area contributed by atoms with Crippen molar-refractivity contribution in [3.05, 3.63) is 23.5 Å². The number of fused-ring (bicyclic) bond motifs is 5. The molecule has 0 aromatic rings. The van der Waals surface area contributed by atoms with Gasteiger partial charge in [0.2, 0.25) is 0 Å². The van der Waals surface area contributed by atoms with Gasteiger partial charge in [-0.15, -0.1) is 0 Å². The number of esters is 2. The van der Waals surface area contributed by atoms with E-state index in [0.717, 1.165) is 43.8 Å². The first-order chi connectivity index (χ1) is 12.9. The molecule has 2 saturated carbocycles. The number of carbonyl (C=O) groups is 2. The summed E-state index contributed by atoms with van der Waals surface area (Å²) in [5.74, 6) is 3.18. The number of hydrogen-bond acceptors (Lipinski definition) is 4. The lowest BCUT2D eigenvalue weighted by Crippen LogP contribution is -2.48. The van der Waals surface area contributed by atoms with E-state index >= 15 is 0 Å². The molecule has 0 saturated heterocycles. The first-order valence-electron chi connectivity index (χ1n) is 10.7. The van der Waals surface area contributed by atoms with Gasteiger partial charge in [0.25, 0.3) is 0 Å². The number of hydrogen-bond donors (Lipinski definition) is 0. The minimum absolute atomic E-state index is 0.109. The van der Waals surface area contributed by atoms with Crippen molar-refractivity contribution in [1.29, 1.82) is 0 Å². The molecule has 0 heterocycles. The van der Waals surface area contributed by atoms with Gasteiger partial charge in [-0.05, 0) is 80.3 Å². The fraction of sp³-hybridized carbons (Fsp3) is 0.739. The van der Waals surface area contributed by atoms with E-state index in [1.54, 1.807) is 6.92 Å². The van der Waals surface area contributed by atoms with E-state index in [2.05, 4.69) is 19.1 Å². The zero-order valence-corrected chi connectivity index (χ0v) is 16.8. The standard InChI is InChI=1S/C23H32O4/c1-4-23-12-11-19-18-8-6-17(26-14(2)24)13-16(18)5-7-20(19)21(23)9-10-22(23)27-15(3)25/h5,13,18-22H,4,6-12H2,1-3H3/t18-,19+,20+,21-,22?,23-/m0/s1. The summed E-state index contributed by atoms with van der Waals surface area (Å²) < 4.78 is 11.2. The maximum Gasteiger partial charge on any atom is 0.307 e. The Labute approximate surface area is 162 Å². The van der Waals surface area contributed by atoms with Crippen molar-refractivity contribution in [1.82, 2.24) is 0 Å². The molecule has 0 radical (unpaired) electrons. The summed E-state index contributed by atoms with van der Waals surface area (Å²) in [5, 5.41) is 0. The molecule has 0 aliphatic heterocycles. The van der Waals surface area contributed by atoms with Crippen molar-refractivity contribution in [3.63, 3.8) is 0 Å². The predicted octanol–water partition coefficient (Wildman–Crippen LogP) is 4.94. The molecule has 0 aromatic carbocycles. The summed E-state index contributed by atoms with van der Waals surface area (Å²) in [6.45, 7) is 5.31. The van der Waals surface area contributed by atoms with Crippen LogP contribution in [-0.2, 0) is 19.1 Å². The van der Waals surface area contributed by atoms with Crippen LogP contribution in [0.4, 0.5) is 0 Å². The molecule has 0 aromatic heterocycles. The lowest BCUT2D eigenvalue weighted by atomic mass is 9.52. The maximum atomic E-state index is 11.6. The fourth-order valence-corrected chi connectivity index (χ4v) is 7.00. The molecule has 6 atom stereocenters. The van der Waals surface area contributed by atoms with Crippen LogP contribution in [0, 0.1) is 29.1 Å². The maximum absolute atomic E-state index is 11.6. The lowest BCUT2D eigenvalue weighted by molar-refractivity contribution is -0.157. The molecule has 0 amide bonds. The van der Waals surface area contributed by atoms with E-state index in [9.17, 15) is 9.59 Å². The molecule has 0 N–H and O–H groups in total. The third-order valence-electron chi connectivity index (χ3n) is 7.97. The van der Waals surface area contributed by atoms with Gasteiger partial charge in [-0.2, -0.15) is 0 Å². The molecule has 4 rings (SSSR count). The van der Waals surface area contributed by atoms with E-state index in [1.165, 1.54) is 31.8 Å². The van der Waals surface area contributed by atoms with Crippen LogP contribution < -0.4 is 0 Å². The van der Waals surface area contributed by atoms with Gasteiger partial charge < -0.3 is 9.47 Å². The SMILES string of the molecule is CC[C@]12CC[C@H]3[C@@H](CC=C4C=C(OC(C)=O)CC[C@@H]43)[C@@H]1CCC2OC(C)=O. The van der Waals surface area contributed by atoms with E-state index in [1.807, 2.05) is 0 Å². The lowest BCUT2D eigenvalue weighted by Gasteiger charge is -2.53. The van der Waals surface area contributed by atoms with Gasteiger partial charge in [0.1, 0.15) is 11.9 Å². The molecule has 2 fully saturated rings. The topological polar surface area (TPSA) is 52.6 Å². The highest BCUT2D eigenvalue weighted by Gasteiger charge is 2.58. The third kappa shape index (κ3) is 3.15. The van der Waals surface area contributed by atoms with Crippen molar-refractivity contribution in [2.45, 2.75) is 78.2 Å². The van der Waals surface area contributed by atoms with Crippen molar-refractivity contribution in [2.24, 2.45) is 29.1 Å². The molecular formula is C23H32O4. The number of allylic oxidation sites excluding steroid dienone is 4. The second-order valence-electron chi connectivity index (χ2n) is 9.02. The Hall–Kier alpha value is -1.58. The van der Waals surface area contributed by atoms with E-state index in [4.69, 9.17) is 9.47 Å². The quantitative estimate of drug-likeness (QED) is 0.659. The molecule has 4 heteroatoms. The fourth-order valence-electron chi connectivity index (χ4n) is 7.00. The first kappa shape index (κ1) is 18.8. The Morgan fingerprint density at radius 3 is 2.63 bits per heavy atom. The molecular weight excluding hydrogens is 340 g/mol. The molecule has 0 spiro atoms. The van der Waals surface area contributed by atoms with Crippen LogP contribution >= 0.6 is 0 Å². The van der Waals surface area contributed by atoms with Crippen LogP contribution in [0.15, 0.2) is 23.5 Å². The summed E-state index contributed by atoms with van der Waals surface area (Å²) in [4.78, 5) is 22.9. The van der Waals surface area contributed by atoms with E-state index in [-0.39, 0.29) is 23.5 Å². The van der Waals surface area contributed by atoms with Crippen LogP contribution in [0.1, 0.15) is 72.1 Å². The van der Waals surface area contributed by atoms with Crippen LogP contribution in [-0.4, -0.2) is 18.0 Å². The first-order valence-corrected chi connectivity index (χ1v) is 10.7. The Kier molecular flexibility index (Phi) is 4.94. The average Bonchev–Trinajstić information content (AvgIpc) is 2.99. The smallest absolute Gasteiger partial charge is 0.307 e. The highest BCUT2D eigenvalue weighted by atomic mass is 16.5. The Morgan fingerprint density at radius 1 is 1.11 bits per heavy atom.